The fourth-order valence-electron chi connectivity index (χ4n) is 2.88. The molecule has 0 radical (unpaired) electrons. The summed E-state index contributed by atoms with van der Waals surface area (Å²) in [6.07, 6.45) is -1.09. The highest BCUT2D eigenvalue weighted by molar-refractivity contribution is 5.91. The SMILES string of the molecule is C=C(C)C(O)Cc1c(O)cc(O)c2c(=O)c(O)c(-c3ccc(OC)cc3)oc12. The van der Waals surface area contributed by atoms with Crippen molar-refractivity contribution >= 4 is 11.0 Å². The van der Waals surface area contributed by atoms with E-state index in [1.807, 2.05) is 0 Å². The molecule has 0 bridgehead atoms. The van der Waals surface area contributed by atoms with Gasteiger partial charge in [0.2, 0.25) is 11.2 Å². The second-order valence-corrected chi connectivity index (χ2v) is 6.50. The maximum absolute atomic E-state index is 12.7. The minimum Gasteiger partial charge on any atom is -0.507 e. The van der Waals surface area contributed by atoms with Crippen LogP contribution in [0.2, 0.25) is 0 Å². The van der Waals surface area contributed by atoms with Gasteiger partial charge in [-0.05, 0) is 31.2 Å². The number of phenols is 2. The molecule has 1 heterocycles. The third-order valence-corrected chi connectivity index (χ3v) is 4.52. The number of hydrogen-bond donors (Lipinski definition) is 4. The van der Waals surface area contributed by atoms with Crippen LogP contribution in [0.4, 0.5) is 0 Å². The van der Waals surface area contributed by atoms with Crippen molar-refractivity contribution in [2.45, 2.75) is 19.4 Å². The topological polar surface area (TPSA) is 120 Å². The number of fused-ring (bicyclic) bond motifs is 1. The Bertz CT molecular complexity index is 1110. The predicted molar refractivity (Wildman–Crippen MR) is 104 cm³/mol. The summed E-state index contributed by atoms with van der Waals surface area (Å²) in [5, 5.41) is 40.6. The monoisotopic (exact) mass is 384 g/mol. The number of hydrogen-bond acceptors (Lipinski definition) is 7. The van der Waals surface area contributed by atoms with Crippen LogP contribution in [0.25, 0.3) is 22.3 Å². The van der Waals surface area contributed by atoms with Gasteiger partial charge in [-0.1, -0.05) is 12.2 Å². The van der Waals surface area contributed by atoms with Crippen molar-refractivity contribution in [3.05, 3.63) is 58.3 Å². The molecule has 0 spiro atoms. The Morgan fingerprint density at radius 3 is 2.39 bits per heavy atom. The smallest absolute Gasteiger partial charge is 0.238 e. The molecular weight excluding hydrogens is 364 g/mol. The number of rotatable bonds is 5. The van der Waals surface area contributed by atoms with Crippen LogP contribution in [0.15, 0.2) is 51.7 Å². The summed E-state index contributed by atoms with van der Waals surface area (Å²) < 4.78 is 10.8. The van der Waals surface area contributed by atoms with E-state index in [-0.39, 0.29) is 34.5 Å². The van der Waals surface area contributed by atoms with E-state index < -0.39 is 23.0 Å². The summed E-state index contributed by atoms with van der Waals surface area (Å²) >= 11 is 0. The molecule has 4 N–H and O–H groups in total. The molecule has 7 heteroatoms. The van der Waals surface area contributed by atoms with Crippen molar-refractivity contribution in [1.82, 2.24) is 0 Å². The van der Waals surface area contributed by atoms with E-state index in [4.69, 9.17) is 9.15 Å². The zero-order valence-electron chi connectivity index (χ0n) is 15.4. The summed E-state index contributed by atoms with van der Waals surface area (Å²) in [7, 11) is 1.51. The van der Waals surface area contributed by atoms with Gasteiger partial charge in [-0.3, -0.25) is 4.79 Å². The van der Waals surface area contributed by atoms with Gasteiger partial charge in [-0.15, -0.1) is 0 Å². The van der Waals surface area contributed by atoms with Crippen molar-refractivity contribution in [3.8, 4) is 34.3 Å². The Kier molecular flexibility index (Phi) is 5.02. The predicted octanol–water partition coefficient (Wildman–Crippen LogP) is 3.06. The normalized spacial score (nSPS) is 12.1. The maximum Gasteiger partial charge on any atom is 0.238 e. The first-order valence-electron chi connectivity index (χ1n) is 8.46. The highest BCUT2D eigenvalue weighted by atomic mass is 16.5. The number of methoxy groups -OCH3 is 1. The van der Waals surface area contributed by atoms with Gasteiger partial charge in [0.1, 0.15) is 28.2 Å². The fraction of sp³-hybridized carbons (Fsp3) is 0.190. The molecule has 7 nitrogen and oxygen atoms in total. The summed E-state index contributed by atoms with van der Waals surface area (Å²) in [6, 6.07) is 7.42. The van der Waals surface area contributed by atoms with Crippen LogP contribution in [0, 0.1) is 0 Å². The quantitative estimate of drug-likeness (QED) is 0.499. The molecule has 1 aromatic heterocycles. The first kappa shape index (κ1) is 19.3. The van der Waals surface area contributed by atoms with Gasteiger partial charge in [-0.2, -0.15) is 0 Å². The Morgan fingerprint density at radius 2 is 1.82 bits per heavy atom. The van der Waals surface area contributed by atoms with Crippen LogP contribution < -0.4 is 10.2 Å². The van der Waals surface area contributed by atoms with Gasteiger partial charge in [0, 0.05) is 23.6 Å². The molecule has 0 amide bonds. The number of ether oxygens (including phenoxy) is 1. The van der Waals surface area contributed by atoms with E-state index in [1.54, 1.807) is 31.2 Å². The first-order valence-corrected chi connectivity index (χ1v) is 8.46. The second-order valence-electron chi connectivity index (χ2n) is 6.50. The summed E-state index contributed by atoms with van der Waals surface area (Å²) in [5.41, 5.74) is 0.000808. The molecule has 0 aliphatic rings. The molecule has 3 aromatic rings. The van der Waals surface area contributed by atoms with Crippen molar-refractivity contribution in [2.24, 2.45) is 0 Å². The minimum atomic E-state index is -0.998. The molecular formula is C21H20O7. The van der Waals surface area contributed by atoms with Crippen molar-refractivity contribution in [3.63, 3.8) is 0 Å². The lowest BCUT2D eigenvalue weighted by Crippen LogP contribution is -2.13. The molecule has 0 aliphatic carbocycles. The van der Waals surface area contributed by atoms with Crippen molar-refractivity contribution in [2.75, 3.05) is 7.11 Å². The van der Waals surface area contributed by atoms with Gasteiger partial charge >= 0.3 is 0 Å². The lowest BCUT2D eigenvalue weighted by atomic mass is 9.99. The zero-order chi connectivity index (χ0) is 20.6. The Hall–Kier alpha value is -3.45. The molecule has 1 unspecified atom stereocenters. The minimum absolute atomic E-state index is 0.0896. The molecule has 146 valence electrons. The van der Waals surface area contributed by atoms with E-state index in [9.17, 15) is 25.2 Å². The Balaban J connectivity index is 2.31. The van der Waals surface area contributed by atoms with Gasteiger partial charge in [0.05, 0.1) is 13.2 Å². The van der Waals surface area contributed by atoms with Crippen LogP contribution in [0.1, 0.15) is 12.5 Å². The highest BCUT2D eigenvalue weighted by Crippen LogP contribution is 2.39. The summed E-state index contributed by atoms with van der Waals surface area (Å²) in [4.78, 5) is 12.7. The third kappa shape index (κ3) is 3.27. The highest BCUT2D eigenvalue weighted by Gasteiger charge is 2.24. The molecule has 1 atom stereocenters. The average molecular weight is 384 g/mol. The van der Waals surface area contributed by atoms with Crippen LogP contribution >= 0.6 is 0 Å². The molecule has 0 fully saturated rings. The van der Waals surface area contributed by atoms with Crippen LogP contribution in [-0.4, -0.2) is 33.6 Å². The van der Waals surface area contributed by atoms with Gasteiger partial charge < -0.3 is 29.6 Å². The van der Waals surface area contributed by atoms with Gasteiger partial charge in [0.15, 0.2) is 5.76 Å². The zero-order valence-corrected chi connectivity index (χ0v) is 15.4. The number of phenolic OH excluding ortho intramolecular Hbond substituents is 2. The molecule has 3 rings (SSSR count). The van der Waals surface area contributed by atoms with Crippen molar-refractivity contribution in [1.29, 1.82) is 0 Å². The van der Waals surface area contributed by atoms with E-state index in [0.29, 0.717) is 16.9 Å². The second kappa shape index (κ2) is 7.28. The Labute approximate surface area is 160 Å². The standard InChI is InChI=1S/C21H20O7/c1-10(2)14(22)8-13-15(23)9-16(24)17-18(25)19(26)20(28-21(13)17)11-4-6-12(27-3)7-5-11/h4-7,9,14,22-24,26H,1,8H2,2-3H3. The van der Waals surface area contributed by atoms with Gasteiger partial charge in [0.25, 0.3) is 0 Å². The maximum atomic E-state index is 12.7. The average Bonchev–Trinajstić information content (AvgIpc) is 2.67. The van der Waals surface area contributed by atoms with Crippen LogP contribution in [0.5, 0.6) is 23.0 Å². The van der Waals surface area contributed by atoms with E-state index in [2.05, 4.69) is 6.58 Å². The lowest BCUT2D eigenvalue weighted by Gasteiger charge is -2.15. The molecule has 0 aliphatic heterocycles. The first-order chi connectivity index (χ1) is 13.2. The number of aromatic hydroxyl groups is 3. The number of benzene rings is 2. The summed E-state index contributed by atoms with van der Waals surface area (Å²) in [6.45, 7) is 5.29. The fourth-order valence-corrected chi connectivity index (χ4v) is 2.88. The molecule has 28 heavy (non-hydrogen) atoms. The third-order valence-electron chi connectivity index (χ3n) is 4.52. The van der Waals surface area contributed by atoms with Crippen LogP contribution in [0.3, 0.4) is 0 Å². The lowest BCUT2D eigenvalue weighted by molar-refractivity contribution is 0.210. The Morgan fingerprint density at radius 1 is 1.18 bits per heavy atom. The number of aliphatic hydroxyl groups excluding tert-OH is 1. The van der Waals surface area contributed by atoms with Gasteiger partial charge in [-0.25, -0.2) is 0 Å². The van der Waals surface area contributed by atoms with E-state index in [0.717, 1.165) is 6.07 Å². The van der Waals surface area contributed by atoms with Crippen molar-refractivity contribution < 1.29 is 29.6 Å². The molecule has 2 aromatic carbocycles. The van der Waals surface area contributed by atoms with E-state index in [1.165, 1.54) is 7.11 Å². The molecule has 0 saturated carbocycles. The van der Waals surface area contributed by atoms with E-state index >= 15 is 0 Å². The molecule has 0 saturated heterocycles. The largest absolute Gasteiger partial charge is 0.507 e. The number of aliphatic hydroxyl groups is 1. The van der Waals surface area contributed by atoms with Crippen LogP contribution in [-0.2, 0) is 6.42 Å². The summed E-state index contributed by atoms with van der Waals surface area (Å²) in [5.74, 6) is -1.11.